The minimum Gasteiger partial charge on any atom is -0.381 e. The normalized spacial score (nSPS) is 29.3. The summed E-state index contributed by atoms with van der Waals surface area (Å²) in [7, 11) is 2.04. The van der Waals surface area contributed by atoms with Crippen LogP contribution in [0, 0.1) is 0 Å². The number of nitrogens with zero attached hydrogens (tertiary/aromatic N) is 1. The largest absolute Gasteiger partial charge is 0.381 e. The van der Waals surface area contributed by atoms with Gasteiger partial charge in [-0.3, -0.25) is 0 Å². The van der Waals surface area contributed by atoms with Crippen molar-refractivity contribution in [3.63, 3.8) is 0 Å². The molecule has 3 rings (SSSR count). The summed E-state index contributed by atoms with van der Waals surface area (Å²) in [5.74, 6) is 0.563. The Bertz CT molecular complexity index is 371. The molecule has 1 aliphatic heterocycles. The SMILES string of the molecule is CNC1CCCc2sc(C3CCOC3)nc21. The number of aromatic nitrogens is 1. The van der Waals surface area contributed by atoms with Crippen LogP contribution >= 0.6 is 11.3 Å². The number of thiazole rings is 1. The number of hydrogen-bond acceptors (Lipinski definition) is 4. The van der Waals surface area contributed by atoms with Crippen LogP contribution < -0.4 is 5.32 Å². The lowest BCUT2D eigenvalue weighted by Crippen LogP contribution is -2.21. The molecule has 88 valence electrons. The minimum absolute atomic E-state index is 0.482. The van der Waals surface area contributed by atoms with Crippen molar-refractivity contribution in [1.29, 1.82) is 0 Å². The van der Waals surface area contributed by atoms with Crippen LogP contribution in [0.2, 0.25) is 0 Å². The Hall–Kier alpha value is -0.450. The van der Waals surface area contributed by atoms with Gasteiger partial charge in [-0.1, -0.05) is 0 Å². The van der Waals surface area contributed by atoms with E-state index in [1.165, 1.54) is 34.8 Å². The third kappa shape index (κ3) is 1.79. The van der Waals surface area contributed by atoms with Crippen LogP contribution in [0.1, 0.15) is 46.8 Å². The number of fused-ring (bicyclic) bond motifs is 1. The van der Waals surface area contributed by atoms with Gasteiger partial charge in [-0.15, -0.1) is 11.3 Å². The van der Waals surface area contributed by atoms with Crippen LogP contribution in [0.3, 0.4) is 0 Å². The van der Waals surface area contributed by atoms with Crippen LogP contribution in [0.25, 0.3) is 0 Å². The molecule has 0 saturated carbocycles. The molecule has 1 aliphatic carbocycles. The average Bonchev–Trinajstić information content (AvgIpc) is 2.96. The van der Waals surface area contributed by atoms with Crippen molar-refractivity contribution in [2.45, 2.75) is 37.6 Å². The molecule has 2 unspecified atom stereocenters. The molecule has 0 spiro atoms. The van der Waals surface area contributed by atoms with Crippen LogP contribution in [0.4, 0.5) is 0 Å². The molecule has 0 radical (unpaired) electrons. The van der Waals surface area contributed by atoms with E-state index in [0.717, 1.165) is 19.6 Å². The third-order valence-electron chi connectivity index (χ3n) is 3.60. The fourth-order valence-electron chi connectivity index (χ4n) is 2.62. The molecule has 2 atom stereocenters. The molecule has 3 nitrogen and oxygen atoms in total. The molecule has 1 N–H and O–H groups in total. The quantitative estimate of drug-likeness (QED) is 0.858. The zero-order valence-electron chi connectivity index (χ0n) is 9.66. The fourth-order valence-corrected chi connectivity index (χ4v) is 3.91. The van der Waals surface area contributed by atoms with E-state index in [4.69, 9.17) is 9.72 Å². The smallest absolute Gasteiger partial charge is 0.0986 e. The molecule has 2 heterocycles. The number of aryl methyl sites for hydroxylation is 1. The van der Waals surface area contributed by atoms with Crippen molar-refractivity contribution in [3.05, 3.63) is 15.6 Å². The molecule has 16 heavy (non-hydrogen) atoms. The Labute approximate surface area is 100 Å². The van der Waals surface area contributed by atoms with Crippen molar-refractivity contribution in [2.75, 3.05) is 20.3 Å². The summed E-state index contributed by atoms with van der Waals surface area (Å²) in [6.07, 6.45) is 4.89. The Morgan fingerprint density at radius 1 is 1.44 bits per heavy atom. The van der Waals surface area contributed by atoms with Gasteiger partial charge in [0.05, 0.1) is 23.4 Å². The lowest BCUT2D eigenvalue weighted by atomic mass is 9.98. The molecule has 1 aromatic rings. The van der Waals surface area contributed by atoms with Crippen LogP contribution in [0.5, 0.6) is 0 Å². The van der Waals surface area contributed by atoms with Crippen molar-refractivity contribution in [3.8, 4) is 0 Å². The molecule has 2 aliphatic rings. The van der Waals surface area contributed by atoms with Gasteiger partial charge in [-0.05, 0) is 32.7 Å². The maximum atomic E-state index is 5.45. The zero-order valence-corrected chi connectivity index (χ0v) is 10.5. The Morgan fingerprint density at radius 3 is 3.12 bits per heavy atom. The summed E-state index contributed by atoms with van der Waals surface area (Å²) in [4.78, 5) is 6.37. The Morgan fingerprint density at radius 2 is 2.38 bits per heavy atom. The van der Waals surface area contributed by atoms with Gasteiger partial charge in [0.2, 0.25) is 0 Å². The highest BCUT2D eigenvalue weighted by Crippen LogP contribution is 2.37. The molecule has 4 heteroatoms. The monoisotopic (exact) mass is 238 g/mol. The maximum Gasteiger partial charge on any atom is 0.0986 e. The molecular formula is C12H18N2OS. The fraction of sp³-hybridized carbons (Fsp3) is 0.750. The van der Waals surface area contributed by atoms with Gasteiger partial charge < -0.3 is 10.1 Å². The van der Waals surface area contributed by atoms with Gasteiger partial charge in [0.25, 0.3) is 0 Å². The van der Waals surface area contributed by atoms with Crippen molar-refractivity contribution < 1.29 is 4.74 Å². The highest BCUT2D eigenvalue weighted by atomic mass is 32.1. The van der Waals surface area contributed by atoms with E-state index in [-0.39, 0.29) is 0 Å². The first kappa shape index (κ1) is 10.7. The molecule has 0 amide bonds. The van der Waals surface area contributed by atoms with Crippen LogP contribution in [-0.4, -0.2) is 25.2 Å². The number of ether oxygens (including phenoxy) is 1. The van der Waals surface area contributed by atoms with E-state index in [9.17, 15) is 0 Å². The second kappa shape index (κ2) is 4.43. The van der Waals surface area contributed by atoms with Crippen LogP contribution in [-0.2, 0) is 11.2 Å². The first-order valence-corrected chi connectivity index (χ1v) is 6.94. The van der Waals surface area contributed by atoms with Gasteiger partial charge in [-0.2, -0.15) is 0 Å². The van der Waals surface area contributed by atoms with Gasteiger partial charge in [0.1, 0.15) is 0 Å². The highest BCUT2D eigenvalue weighted by molar-refractivity contribution is 7.11. The molecular weight excluding hydrogens is 220 g/mol. The topological polar surface area (TPSA) is 34.1 Å². The average molecular weight is 238 g/mol. The van der Waals surface area contributed by atoms with E-state index < -0.39 is 0 Å². The standard InChI is InChI=1S/C12H18N2OS/c1-13-9-3-2-4-10-11(9)14-12(16-10)8-5-6-15-7-8/h8-9,13H,2-7H2,1H3. The molecule has 1 saturated heterocycles. The summed E-state index contributed by atoms with van der Waals surface area (Å²) in [5, 5.41) is 4.69. The first-order valence-electron chi connectivity index (χ1n) is 6.13. The summed E-state index contributed by atoms with van der Waals surface area (Å²) in [5.41, 5.74) is 1.32. The highest BCUT2D eigenvalue weighted by Gasteiger charge is 2.27. The van der Waals surface area contributed by atoms with E-state index in [2.05, 4.69) is 5.32 Å². The van der Waals surface area contributed by atoms with E-state index in [0.29, 0.717) is 12.0 Å². The molecule has 1 aromatic heterocycles. The van der Waals surface area contributed by atoms with Gasteiger partial charge in [0, 0.05) is 17.4 Å². The summed E-state index contributed by atoms with van der Waals surface area (Å²) in [6, 6.07) is 0.482. The van der Waals surface area contributed by atoms with Gasteiger partial charge >= 0.3 is 0 Å². The molecule has 0 aromatic carbocycles. The van der Waals surface area contributed by atoms with Gasteiger partial charge in [-0.25, -0.2) is 4.98 Å². The van der Waals surface area contributed by atoms with E-state index in [1.807, 2.05) is 18.4 Å². The van der Waals surface area contributed by atoms with Gasteiger partial charge in [0.15, 0.2) is 0 Å². The Kier molecular flexibility index (Phi) is 2.96. The number of nitrogens with one attached hydrogen (secondary N) is 1. The second-order valence-electron chi connectivity index (χ2n) is 4.65. The zero-order chi connectivity index (χ0) is 11.0. The minimum atomic E-state index is 0.482. The van der Waals surface area contributed by atoms with Crippen LogP contribution in [0.15, 0.2) is 0 Å². The molecule has 0 bridgehead atoms. The number of hydrogen-bond donors (Lipinski definition) is 1. The van der Waals surface area contributed by atoms with Crippen molar-refractivity contribution >= 4 is 11.3 Å². The van der Waals surface area contributed by atoms with Crippen molar-refractivity contribution in [1.82, 2.24) is 10.3 Å². The van der Waals surface area contributed by atoms with E-state index >= 15 is 0 Å². The third-order valence-corrected chi connectivity index (χ3v) is 4.89. The predicted octanol–water partition coefficient (Wildman–Crippen LogP) is 2.24. The first-order chi connectivity index (χ1) is 7.88. The summed E-state index contributed by atoms with van der Waals surface area (Å²) < 4.78 is 5.45. The number of rotatable bonds is 2. The lowest BCUT2D eigenvalue weighted by molar-refractivity contribution is 0.194. The molecule has 1 fully saturated rings. The predicted molar refractivity (Wildman–Crippen MR) is 65.0 cm³/mol. The summed E-state index contributed by atoms with van der Waals surface area (Å²) in [6.45, 7) is 1.78. The van der Waals surface area contributed by atoms with E-state index in [1.54, 1.807) is 0 Å². The van der Waals surface area contributed by atoms with Crippen molar-refractivity contribution in [2.24, 2.45) is 0 Å². The maximum absolute atomic E-state index is 5.45. The summed E-state index contributed by atoms with van der Waals surface area (Å²) >= 11 is 1.92. The second-order valence-corrected chi connectivity index (χ2v) is 5.77. The Balaban J connectivity index is 1.89. The lowest BCUT2D eigenvalue weighted by Gasteiger charge is -2.19.